The van der Waals surface area contributed by atoms with E-state index in [0.29, 0.717) is 52.6 Å². The van der Waals surface area contributed by atoms with Crippen LogP contribution >= 0.6 is 0 Å². The van der Waals surface area contributed by atoms with Crippen molar-refractivity contribution >= 4 is 29.7 Å². The maximum atomic E-state index is 12.4. The zero-order chi connectivity index (χ0) is 31.5. The Bertz CT molecular complexity index is 829. The molecule has 0 saturated carbocycles. The van der Waals surface area contributed by atoms with Gasteiger partial charge in [0.15, 0.2) is 0 Å². The third kappa shape index (κ3) is 19.7. The molecule has 0 bridgehead atoms. The molecule has 18 heteroatoms. The molecule has 2 amide bonds. The van der Waals surface area contributed by atoms with Gasteiger partial charge < -0.3 is 49.8 Å². The van der Waals surface area contributed by atoms with Crippen LogP contribution in [0.3, 0.4) is 0 Å². The summed E-state index contributed by atoms with van der Waals surface area (Å²) in [6.45, 7) is 5.60. The summed E-state index contributed by atoms with van der Waals surface area (Å²) in [6.07, 6.45) is 0. The molecule has 2 heterocycles. The molecule has 2 aliphatic rings. The van der Waals surface area contributed by atoms with E-state index in [1.807, 2.05) is 0 Å². The van der Waals surface area contributed by atoms with Crippen LogP contribution in [0.4, 0.5) is 0 Å². The van der Waals surface area contributed by atoms with Crippen molar-refractivity contribution in [3.63, 3.8) is 0 Å². The fourth-order valence-electron chi connectivity index (χ4n) is 4.69. The summed E-state index contributed by atoms with van der Waals surface area (Å²) in [5, 5.41) is 39.4. The molecule has 1 radical (unpaired) electrons. The Balaban J connectivity index is 0.00000968. The number of ether oxygens (including phenoxy) is 2. The van der Waals surface area contributed by atoms with Crippen molar-refractivity contribution in [1.29, 1.82) is 0 Å². The molecule has 0 aromatic rings. The van der Waals surface area contributed by atoms with Crippen LogP contribution in [0, 0.1) is 39.9 Å². The molecule has 44 heavy (non-hydrogen) atoms. The first-order valence-electron chi connectivity index (χ1n) is 14.5. The van der Waals surface area contributed by atoms with Crippen molar-refractivity contribution in [2.45, 2.75) is 0 Å². The van der Waals surface area contributed by atoms with Crippen LogP contribution in [0.1, 0.15) is 0 Å². The minimum Gasteiger partial charge on any atom is -0.549 e. The predicted octanol–water partition coefficient (Wildman–Crippen LogP) is -7.96. The van der Waals surface area contributed by atoms with Crippen LogP contribution in [-0.2, 0) is 33.4 Å². The molecule has 2 rings (SSSR count). The Morgan fingerprint density at radius 2 is 0.864 bits per heavy atom. The number of nitrogens with zero attached hydrogens (tertiary/aromatic N) is 5. The van der Waals surface area contributed by atoms with Crippen molar-refractivity contribution in [2.75, 3.05) is 138 Å². The minimum absolute atomic E-state index is 0. The zero-order valence-corrected chi connectivity index (χ0v) is 27.3. The van der Waals surface area contributed by atoms with E-state index in [9.17, 15) is 39.3 Å². The predicted molar refractivity (Wildman–Crippen MR) is 145 cm³/mol. The summed E-state index contributed by atoms with van der Waals surface area (Å²) in [4.78, 5) is 67.2. The molecule has 17 nitrogen and oxygen atoms in total. The molecular formula is C26H44GdN7O10. The van der Waals surface area contributed by atoms with Gasteiger partial charge >= 0.3 is 39.9 Å². The average molecular weight is 772 g/mol. The Labute approximate surface area is 289 Å². The quantitative estimate of drug-likeness (QED) is 0.105. The number of hydrogen-bond donors (Lipinski definition) is 2. The van der Waals surface area contributed by atoms with Crippen LogP contribution in [0.5, 0.6) is 0 Å². The second-order valence-corrected chi connectivity index (χ2v) is 10.4. The van der Waals surface area contributed by atoms with Gasteiger partial charge in [0, 0.05) is 98.2 Å². The number of carboxylic acids is 3. The number of carboxylic acid groups (broad SMARTS) is 3. The Morgan fingerprint density at radius 1 is 0.545 bits per heavy atom. The van der Waals surface area contributed by atoms with Gasteiger partial charge in [-0.15, -0.1) is 0 Å². The number of morpholine rings is 2. The molecule has 0 aliphatic carbocycles. The van der Waals surface area contributed by atoms with E-state index < -0.39 is 37.5 Å². The van der Waals surface area contributed by atoms with Gasteiger partial charge in [0.1, 0.15) is 0 Å². The Hall–Kier alpha value is -1.61. The van der Waals surface area contributed by atoms with E-state index >= 15 is 0 Å². The monoisotopic (exact) mass is 772 g/mol. The van der Waals surface area contributed by atoms with Crippen molar-refractivity contribution in [2.24, 2.45) is 0 Å². The van der Waals surface area contributed by atoms with E-state index in [2.05, 4.69) is 20.4 Å². The van der Waals surface area contributed by atoms with Gasteiger partial charge in [-0.3, -0.25) is 34.1 Å². The molecule has 0 unspecified atom stereocenters. The molecule has 0 aromatic heterocycles. The molecule has 2 N–H and O–H groups in total. The van der Waals surface area contributed by atoms with E-state index in [1.165, 1.54) is 14.7 Å². The van der Waals surface area contributed by atoms with Crippen molar-refractivity contribution < 1.29 is 88.7 Å². The van der Waals surface area contributed by atoms with E-state index in [0.717, 1.165) is 26.2 Å². The normalized spacial score (nSPS) is 16.1. The number of amides is 2. The minimum atomic E-state index is -1.40. The van der Waals surface area contributed by atoms with E-state index in [-0.39, 0.29) is 91.0 Å². The zero-order valence-electron chi connectivity index (χ0n) is 25.0. The Kier molecular flexibility index (Phi) is 21.8. The third-order valence-electron chi connectivity index (χ3n) is 6.97. The van der Waals surface area contributed by atoms with Crippen LogP contribution in [0.25, 0.3) is 0 Å². The van der Waals surface area contributed by atoms with Gasteiger partial charge in [0.25, 0.3) is 0 Å². The van der Waals surface area contributed by atoms with Gasteiger partial charge in [-0.1, -0.05) is 0 Å². The van der Waals surface area contributed by atoms with Gasteiger partial charge in [-0.2, -0.15) is 0 Å². The number of carbonyl (C=O) groups excluding carboxylic acids is 5. The molecule has 0 aromatic carbocycles. The van der Waals surface area contributed by atoms with Gasteiger partial charge in [0.2, 0.25) is 11.8 Å². The van der Waals surface area contributed by atoms with Crippen molar-refractivity contribution in [3.8, 4) is 0 Å². The molecule has 0 spiro atoms. The Morgan fingerprint density at radius 3 is 1.20 bits per heavy atom. The molecule has 0 atom stereocenters. The number of nitrogens with one attached hydrogen (secondary N) is 2. The summed E-state index contributed by atoms with van der Waals surface area (Å²) < 4.78 is 10.6. The molecule has 2 aliphatic heterocycles. The van der Waals surface area contributed by atoms with Crippen molar-refractivity contribution in [1.82, 2.24) is 35.1 Å². The van der Waals surface area contributed by atoms with Crippen LogP contribution in [0.15, 0.2) is 0 Å². The average Bonchev–Trinajstić information content (AvgIpc) is 2.94. The summed E-state index contributed by atoms with van der Waals surface area (Å²) in [7, 11) is 0. The smallest absolute Gasteiger partial charge is 0.549 e. The standard InChI is InChI=1S/C26H47N7O10.Gd/c34-22(27-1-3-29-9-13-42-14-10-29)17-32(20-25(38)39)7-5-31(19-24(36)37)6-8-33(21-26(40)41)18-23(35)28-2-4-30-11-15-43-16-12-30;/h1-21H2,(H,27,34)(H,28,35)(H,36,37)(H,38,39)(H,40,41);/q;+3/p-3. The first-order valence-corrected chi connectivity index (χ1v) is 14.5. The maximum absolute atomic E-state index is 12.4. The summed E-state index contributed by atoms with van der Waals surface area (Å²) >= 11 is 0. The van der Waals surface area contributed by atoms with Crippen LogP contribution in [-0.4, -0.2) is 192 Å². The molecule has 2 fully saturated rings. The maximum Gasteiger partial charge on any atom is 3.00 e. The fraction of sp³-hybridized carbons (Fsp3) is 0.808. The molecule has 2 saturated heterocycles. The number of carbonyl (C=O) groups is 5. The second-order valence-electron chi connectivity index (χ2n) is 10.4. The molecular weight excluding hydrogens is 728 g/mol. The van der Waals surface area contributed by atoms with Gasteiger partial charge in [-0.25, -0.2) is 0 Å². The van der Waals surface area contributed by atoms with Crippen LogP contribution < -0.4 is 26.0 Å². The number of hydrogen-bond acceptors (Lipinski definition) is 15. The first kappa shape index (κ1) is 40.4. The summed E-state index contributed by atoms with van der Waals surface area (Å²) in [6, 6.07) is 0. The second kappa shape index (κ2) is 23.7. The van der Waals surface area contributed by atoms with E-state index in [1.54, 1.807) is 0 Å². The largest absolute Gasteiger partial charge is 3.00 e. The third-order valence-corrected chi connectivity index (χ3v) is 6.97. The fourth-order valence-corrected chi connectivity index (χ4v) is 4.69. The van der Waals surface area contributed by atoms with Gasteiger partial charge in [-0.05, 0) is 0 Å². The molecule has 251 valence electrons. The topological polar surface area (TPSA) is 213 Å². The van der Waals surface area contributed by atoms with Crippen LogP contribution in [0.2, 0.25) is 0 Å². The van der Waals surface area contributed by atoms with Crippen molar-refractivity contribution in [3.05, 3.63) is 0 Å². The van der Waals surface area contributed by atoms with Gasteiger partial charge in [0.05, 0.1) is 57.4 Å². The number of aliphatic carboxylic acids is 3. The SMILES string of the molecule is O=C([O-])CN(CCN(CC(=O)[O-])CC(=O)NCCN1CCOCC1)CCN(CC(=O)[O-])CC(=O)NCCN1CCOCC1.[Gd+3]. The summed E-state index contributed by atoms with van der Waals surface area (Å²) in [5.74, 6) is -4.96. The van der Waals surface area contributed by atoms with E-state index in [4.69, 9.17) is 9.47 Å². The number of rotatable bonds is 22. The summed E-state index contributed by atoms with van der Waals surface area (Å²) in [5.41, 5.74) is 0. The first-order chi connectivity index (χ1) is 20.6.